The Bertz CT molecular complexity index is 987. The van der Waals surface area contributed by atoms with Crippen LogP contribution in [0.4, 0.5) is 0 Å². The number of carbonyl (C=O) groups excluding carboxylic acids is 3. The van der Waals surface area contributed by atoms with Gasteiger partial charge in [-0.3, -0.25) is 14.1 Å². The SMILES string of the molecule is O=C(OCCS(=O)(=O)O)c1ccc(I)c(OC(=O)C2C3CC4OC(=O)C2C4C3)c1. The molecule has 0 amide bonds. The van der Waals surface area contributed by atoms with Gasteiger partial charge in [-0.25, -0.2) is 4.79 Å². The normalized spacial score (nSPS) is 29.6. The van der Waals surface area contributed by atoms with Crippen molar-refractivity contribution in [1.82, 2.24) is 0 Å². The summed E-state index contributed by atoms with van der Waals surface area (Å²) in [6.07, 6.45) is 1.37. The smallest absolute Gasteiger partial charge is 0.338 e. The summed E-state index contributed by atoms with van der Waals surface area (Å²) < 4.78 is 46.3. The molecule has 9 nitrogen and oxygen atoms in total. The molecule has 11 heteroatoms. The van der Waals surface area contributed by atoms with Crippen LogP contribution in [0.15, 0.2) is 18.2 Å². The summed E-state index contributed by atoms with van der Waals surface area (Å²) in [7, 11) is -4.24. The highest BCUT2D eigenvalue weighted by Crippen LogP contribution is 2.58. The van der Waals surface area contributed by atoms with E-state index in [0.29, 0.717) is 9.99 Å². The molecule has 0 spiro atoms. The molecule has 156 valence electrons. The summed E-state index contributed by atoms with van der Waals surface area (Å²) in [5.74, 6) is -3.11. The molecule has 0 aromatic heterocycles. The number of halogens is 1. The first kappa shape index (κ1) is 20.5. The molecule has 1 aliphatic heterocycles. The first-order valence-electron chi connectivity index (χ1n) is 8.98. The van der Waals surface area contributed by atoms with Gasteiger partial charge in [0.05, 0.1) is 21.0 Å². The molecule has 2 saturated carbocycles. The van der Waals surface area contributed by atoms with E-state index in [4.69, 9.17) is 18.8 Å². The molecule has 4 rings (SSSR count). The molecular weight excluding hydrogens is 519 g/mol. The van der Waals surface area contributed by atoms with Crippen LogP contribution in [-0.2, 0) is 29.2 Å². The van der Waals surface area contributed by atoms with Crippen LogP contribution in [0.2, 0.25) is 0 Å². The van der Waals surface area contributed by atoms with Crippen molar-refractivity contribution >= 4 is 50.6 Å². The number of rotatable bonds is 6. The van der Waals surface area contributed by atoms with Gasteiger partial charge in [-0.15, -0.1) is 0 Å². The first-order valence-corrected chi connectivity index (χ1v) is 11.7. The van der Waals surface area contributed by atoms with Crippen molar-refractivity contribution in [2.45, 2.75) is 18.9 Å². The number of hydrogen-bond acceptors (Lipinski definition) is 8. The van der Waals surface area contributed by atoms with Gasteiger partial charge in [-0.1, -0.05) is 0 Å². The highest BCUT2D eigenvalue weighted by Gasteiger charge is 2.64. The number of carbonyl (C=O) groups is 3. The van der Waals surface area contributed by atoms with E-state index in [1.807, 2.05) is 22.6 Å². The lowest BCUT2D eigenvalue weighted by molar-refractivity contribution is -0.149. The Labute approximate surface area is 180 Å². The Kier molecular flexibility index (Phi) is 5.32. The van der Waals surface area contributed by atoms with Gasteiger partial charge in [0, 0.05) is 5.92 Å². The number of esters is 3. The maximum atomic E-state index is 12.8. The Hall–Kier alpha value is -1.73. The summed E-state index contributed by atoms with van der Waals surface area (Å²) in [5.41, 5.74) is 0.0665. The largest absolute Gasteiger partial charge is 0.462 e. The van der Waals surface area contributed by atoms with Gasteiger partial charge in [0.2, 0.25) is 0 Å². The second-order valence-corrected chi connectivity index (χ2v) is 10.1. The van der Waals surface area contributed by atoms with E-state index < -0.39 is 46.3 Å². The third-order valence-corrected chi connectivity index (χ3v) is 7.28. The maximum absolute atomic E-state index is 12.8. The average molecular weight is 536 g/mol. The van der Waals surface area contributed by atoms with Crippen LogP contribution >= 0.6 is 22.6 Å². The van der Waals surface area contributed by atoms with Gasteiger partial charge in [0.25, 0.3) is 10.1 Å². The van der Waals surface area contributed by atoms with Gasteiger partial charge < -0.3 is 14.2 Å². The predicted octanol–water partition coefficient (Wildman–Crippen LogP) is 1.44. The number of fused-ring (bicyclic) bond motifs is 1. The van der Waals surface area contributed by atoms with Gasteiger partial charge >= 0.3 is 17.9 Å². The Balaban J connectivity index is 1.45. The zero-order chi connectivity index (χ0) is 20.9. The third kappa shape index (κ3) is 3.99. The topological polar surface area (TPSA) is 133 Å². The van der Waals surface area contributed by atoms with Crippen molar-refractivity contribution in [1.29, 1.82) is 0 Å². The first-order chi connectivity index (χ1) is 13.6. The monoisotopic (exact) mass is 536 g/mol. The van der Waals surface area contributed by atoms with E-state index in [0.717, 1.165) is 6.42 Å². The predicted molar refractivity (Wildman–Crippen MR) is 105 cm³/mol. The van der Waals surface area contributed by atoms with Crippen LogP contribution in [0, 0.1) is 27.2 Å². The standard InChI is InChI=1S/C18H17IO9S/c19-11-2-1-8(16(20)26-3-4-29(23,24)25)6-13(11)28-17(21)14-9-5-10-12(7-9)27-18(22)15(10)14/h1-2,6,9-10,12,14-15H,3-5,7H2,(H,23,24,25). The minimum absolute atomic E-state index is 0.0557. The molecule has 5 unspecified atom stereocenters. The molecule has 3 aliphatic rings. The molecular formula is C18H17IO9S. The van der Waals surface area contributed by atoms with E-state index >= 15 is 0 Å². The molecule has 1 saturated heterocycles. The van der Waals surface area contributed by atoms with Crippen LogP contribution in [0.3, 0.4) is 0 Å². The van der Waals surface area contributed by atoms with Crippen molar-refractivity contribution in [2.24, 2.45) is 23.7 Å². The summed E-state index contributed by atoms with van der Waals surface area (Å²) >= 11 is 1.95. The number of benzene rings is 1. The average Bonchev–Trinajstić information content (AvgIpc) is 3.24. The van der Waals surface area contributed by atoms with Crippen molar-refractivity contribution in [3.8, 4) is 5.75 Å². The summed E-state index contributed by atoms with van der Waals surface area (Å²) in [6, 6.07) is 4.34. The molecule has 1 heterocycles. The van der Waals surface area contributed by atoms with Gasteiger partial charge in [0.1, 0.15) is 24.2 Å². The van der Waals surface area contributed by atoms with E-state index in [9.17, 15) is 22.8 Å². The lowest BCUT2D eigenvalue weighted by Gasteiger charge is -2.22. The fraction of sp³-hybridized carbons (Fsp3) is 0.500. The minimum Gasteiger partial charge on any atom is -0.462 e. The van der Waals surface area contributed by atoms with Crippen LogP contribution in [-0.4, -0.2) is 49.3 Å². The van der Waals surface area contributed by atoms with Crippen LogP contribution in [0.5, 0.6) is 5.75 Å². The Morgan fingerprint density at radius 3 is 2.76 bits per heavy atom. The molecule has 29 heavy (non-hydrogen) atoms. The molecule has 5 atom stereocenters. The van der Waals surface area contributed by atoms with E-state index in [-0.39, 0.29) is 35.2 Å². The van der Waals surface area contributed by atoms with Crippen LogP contribution in [0.1, 0.15) is 23.2 Å². The molecule has 1 aromatic carbocycles. The Morgan fingerprint density at radius 1 is 1.28 bits per heavy atom. The molecule has 0 radical (unpaired) electrons. The third-order valence-electron chi connectivity index (χ3n) is 5.71. The number of ether oxygens (including phenoxy) is 3. The summed E-state index contributed by atoms with van der Waals surface area (Å²) in [6.45, 7) is -0.505. The minimum atomic E-state index is -4.24. The molecule has 1 aromatic rings. The fourth-order valence-corrected chi connectivity index (χ4v) is 5.27. The van der Waals surface area contributed by atoms with E-state index in [2.05, 4.69) is 0 Å². The molecule has 2 aliphatic carbocycles. The van der Waals surface area contributed by atoms with Crippen molar-refractivity contribution in [3.63, 3.8) is 0 Å². The zero-order valence-corrected chi connectivity index (χ0v) is 17.9. The second kappa shape index (κ2) is 7.51. The van der Waals surface area contributed by atoms with Gasteiger partial charge in [-0.05, 0) is 59.5 Å². The summed E-state index contributed by atoms with van der Waals surface area (Å²) in [5, 5.41) is 0. The quantitative estimate of drug-likeness (QED) is 0.248. The van der Waals surface area contributed by atoms with Crippen molar-refractivity contribution < 1.29 is 41.6 Å². The molecule has 3 fully saturated rings. The highest BCUT2D eigenvalue weighted by molar-refractivity contribution is 14.1. The van der Waals surface area contributed by atoms with E-state index in [1.165, 1.54) is 12.1 Å². The van der Waals surface area contributed by atoms with Crippen LogP contribution < -0.4 is 4.74 Å². The van der Waals surface area contributed by atoms with E-state index in [1.54, 1.807) is 6.07 Å². The molecule has 1 N–H and O–H groups in total. The lowest BCUT2D eigenvalue weighted by Crippen LogP contribution is -2.35. The maximum Gasteiger partial charge on any atom is 0.338 e. The lowest BCUT2D eigenvalue weighted by atomic mass is 9.80. The Morgan fingerprint density at radius 2 is 2.03 bits per heavy atom. The van der Waals surface area contributed by atoms with Gasteiger partial charge in [-0.2, -0.15) is 8.42 Å². The van der Waals surface area contributed by atoms with Crippen LogP contribution in [0.25, 0.3) is 0 Å². The highest BCUT2D eigenvalue weighted by atomic mass is 127. The second-order valence-electron chi connectivity index (χ2n) is 7.41. The van der Waals surface area contributed by atoms with Crippen molar-refractivity contribution in [3.05, 3.63) is 27.3 Å². The zero-order valence-electron chi connectivity index (χ0n) is 14.9. The fourth-order valence-electron chi connectivity index (χ4n) is 4.53. The molecule has 2 bridgehead atoms. The van der Waals surface area contributed by atoms with Crippen molar-refractivity contribution in [2.75, 3.05) is 12.4 Å². The number of hydrogen-bond donors (Lipinski definition) is 1. The summed E-state index contributed by atoms with van der Waals surface area (Å²) in [4.78, 5) is 37.0. The van der Waals surface area contributed by atoms with Gasteiger partial charge in [0.15, 0.2) is 0 Å².